The number of benzene rings is 1. The van der Waals surface area contributed by atoms with E-state index in [0.29, 0.717) is 0 Å². The zero-order chi connectivity index (χ0) is 18.1. The number of carbonyl (C=O) groups excluding carboxylic acids is 1. The van der Waals surface area contributed by atoms with E-state index in [1.807, 2.05) is 0 Å². The lowest BCUT2D eigenvalue weighted by molar-refractivity contribution is -0.129. The fourth-order valence-corrected chi connectivity index (χ4v) is 3.26. The van der Waals surface area contributed by atoms with Gasteiger partial charge >= 0.3 is 0 Å². The van der Waals surface area contributed by atoms with E-state index in [4.69, 9.17) is 11.6 Å². The number of nitrogens with zero attached hydrogens (tertiary/aromatic N) is 4. The minimum absolute atomic E-state index is 0.0852. The molecule has 1 aromatic heterocycles. The number of aromatic nitrogens is 3. The minimum Gasteiger partial charge on any atom is -0.347 e. The molecular weight excluding hydrogens is 361 g/mol. The Labute approximate surface area is 143 Å². The molecule has 0 fully saturated rings. The van der Waals surface area contributed by atoms with Gasteiger partial charge in [0.2, 0.25) is 5.91 Å². The summed E-state index contributed by atoms with van der Waals surface area (Å²) >= 11 is 5.81. The molecule has 2 aromatic rings. The molecule has 0 atom stereocenters. The Balaban J connectivity index is 2.23. The molecule has 1 heterocycles. The predicted octanol–water partition coefficient (Wildman–Crippen LogP) is 1.27. The molecule has 1 aromatic carbocycles. The number of anilines is 1. The quantitative estimate of drug-likeness (QED) is 0.848. The smallest absolute Gasteiger partial charge is 0.265 e. The van der Waals surface area contributed by atoms with Crippen LogP contribution in [0.25, 0.3) is 0 Å². The SMILES string of the molecule is Cc1cc(S(=O)(=O)Nc2ncn(CC(=O)N(C)C)n2)c(Cl)cc1F. The highest BCUT2D eigenvalue weighted by Gasteiger charge is 2.21. The van der Waals surface area contributed by atoms with E-state index in [2.05, 4.69) is 14.8 Å². The Morgan fingerprint density at radius 1 is 1.42 bits per heavy atom. The number of aryl methyl sites for hydroxylation is 1. The van der Waals surface area contributed by atoms with E-state index in [-0.39, 0.29) is 33.9 Å². The lowest BCUT2D eigenvalue weighted by Gasteiger charge is -2.09. The van der Waals surface area contributed by atoms with E-state index in [1.165, 1.54) is 22.8 Å². The minimum atomic E-state index is -4.10. The third-order valence-corrected chi connectivity index (χ3v) is 4.85. The van der Waals surface area contributed by atoms with Gasteiger partial charge in [0.05, 0.1) is 5.02 Å². The number of sulfonamides is 1. The van der Waals surface area contributed by atoms with Crippen molar-refractivity contribution in [2.75, 3.05) is 18.8 Å². The Hall–Kier alpha value is -2.20. The first-order valence-electron chi connectivity index (χ1n) is 6.68. The number of amides is 1. The molecule has 0 spiro atoms. The Morgan fingerprint density at radius 3 is 2.71 bits per heavy atom. The molecule has 24 heavy (non-hydrogen) atoms. The molecule has 0 aliphatic carbocycles. The number of hydrogen-bond donors (Lipinski definition) is 1. The molecule has 11 heteroatoms. The molecule has 0 radical (unpaired) electrons. The third kappa shape index (κ3) is 4.01. The van der Waals surface area contributed by atoms with Crippen molar-refractivity contribution in [3.8, 4) is 0 Å². The van der Waals surface area contributed by atoms with Gasteiger partial charge in [-0.25, -0.2) is 22.2 Å². The van der Waals surface area contributed by atoms with Crippen molar-refractivity contribution in [1.29, 1.82) is 0 Å². The first-order valence-corrected chi connectivity index (χ1v) is 8.54. The van der Waals surface area contributed by atoms with Gasteiger partial charge in [-0.15, -0.1) is 5.10 Å². The van der Waals surface area contributed by atoms with Gasteiger partial charge in [-0.3, -0.25) is 4.79 Å². The van der Waals surface area contributed by atoms with Crippen LogP contribution in [-0.4, -0.2) is 48.1 Å². The normalized spacial score (nSPS) is 11.4. The maximum Gasteiger partial charge on any atom is 0.265 e. The first kappa shape index (κ1) is 18.1. The van der Waals surface area contributed by atoms with Gasteiger partial charge in [0.25, 0.3) is 16.0 Å². The maximum absolute atomic E-state index is 13.4. The van der Waals surface area contributed by atoms with Gasteiger partial charge in [0.15, 0.2) is 0 Å². The molecule has 0 saturated heterocycles. The second-order valence-electron chi connectivity index (χ2n) is 5.19. The van der Waals surface area contributed by atoms with Gasteiger partial charge in [0, 0.05) is 14.1 Å². The first-order chi connectivity index (χ1) is 11.1. The Kier molecular flexibility index (Phi) is 5.09. The molecule has 0 saturated carbocycles. The van der Waals surface area contributed by atoms with E-state index in [9.17, 15) is 17.6 Å². The molecule has 0 unspecified atom stereocenters. The zero-order valence-corrected chi connectivity index (χ0v) is 14.7. The van der Waals surface area contributed by atoms with Gasteiger partial charge in [-0.2, -0.15) is 4.98 Å². The predicted molar refractivity (Wildman–Crippen MR) is 85.7 cm³/mol. The largest absolute Gasteiger partial charge is 0.347 e. The number of rotatable bonds is 5. The zero-order valence-electron chi connectivity index (χ0n) is 13.1. The van der Waals surface area contributed by atoms with Gasteiger partial charge in [-0.05, 0) is 24.6 Å². The third-order valence-electron chi connectivity index (χ3n) is 3.06. The summed E-state index contributed by atoms with van der Waals surface area (Å²) in [5, 5.41) is 3.61. The van der Waals surface area contributed by atoms with E-state index >= 15 is 0 Å². The molecule has 1 N–H and O–H groups in total. The van der Waals surface area contributed by atoms with Crippen LogP contribution in [0.3, 0.4) is 0 Å². The van der Waals surface area contributed by atoms with Gasteiger partial charge in [-0.1, -0.05) is 11.6 Å². The average Bonchev–Trinajstić information content (AvgIpc) is 2.88. The van der Waals surface area contributed by atoms with Crippen LogP contribution >= 0.6 is 11.6 Å². The molecular formula is C13H15ClFN5O3S. The van der Waals surface area contributed by atoms with Crippen molar-refractivity contribution in [3.63, 3.8) is 0 Å². The number of nitrogens with one attached hydrogen (secondary N) is 1. The Morgan fingerprint density at radius 2 is 2.08 bits per heavy atom. The topological polar surface area (TPSA) is 97.2 Å². The highest BCUT2D eigenvalue weighted by atomic mass is 35.5. The summed E-state index contributed by atoms with van der Waals surface area (Å²) in [4.78, 5) is 16.5. The second-order valence-corrected chi connectivity index (χ2v) is 7.25. The summed E-state index contributed by atoms with van der Waals surface area (Å²) in [7, 11) is -0.927. The maximum atomic E-state index is 13.4. The second kappa shape index (κ2) is 6.73. The van der Waals surface area contributed by atoms with Crippen molar-refractivity contribution in [2.45, 2.75) is 18.4 Å². The van der Waals surface area contributed by atoms with Crippen molar-refractivity contribution in [1.82, 2.24) is 19.7 Å². The number of carbonyl (C=O) groups is 1. The number of likely N-dealkylation sites (N-methyl/N-ethyl adjacent to an activating group) is 1. The molecule has 2 rings (SSSR count). The molecule has 1 amide bonds. The lowest BCUT2D eigenvalue weighted by atomic mass is 10.2. The Bertz CT molecular complexity index is 882. The van der Waals surface area contributed by atoms with Gasteiger partial charge < -0.3 is 4.90 Å². The summed E-state index contributed by atoms with van der Waals surface area (Å²) in [6.45, 7) is 1.34. The van der Waals surface area contributed by atoms with E-state index < -0.39 is 15.8 Å². The van der Waals surface area contributed by atoms with Crippen LogP contribution < -0.4 is 4.72 Å². The van der Waals surface area contributed by atoms with Crippen molar-refractivity contribution in [2.24, 2.45) is 0 Å². The van der Waals surface area contributed by atoms with Crippen LogP contribution in [-0.2, 0) is 21.4 Å². The fraction of sp³-hybridized carbons (Fsp3) is 0.308. The highest BCUT2D eigenvalue weighted by molar-refractivity contribution is 7.92. The van der Waals surface area contributed by atoms with Crippen LogP contribution in [0.4, 0.5) is 10.3 Å². The number of halogens is 2. The van der Waals surface area contributed by atoms with Crippen LogP contribution in [0.1, 0.15) is 5.56 Å². The van der Waals surface area contributed by atoms with Crippen LogP contribution in [0.2, 0.25) is 5.02 Å². The van der Waals surface area contributed by atoms with Crippen molar-refractivity contribution in [3.05, 3.63) is 34.9 Å². The van der Waals surface area contributed by atoms with E-state index in [0.717, 1.165) is 12.1 Å². The molecule has 8 nitrogen and oxygen atoms in total. The highest BCUT2D eigenvalue weighted by Crippen LogP contribution is 2.25. The van der Waals surface area contributed by atoms with Crippen LogP contribution in [0, 0.1) is 12.7 Å². The fourth-order valence-electron chi connectivity index (χ4n) is 1.71. The molecule has 130 valence electrons. The summed E-state index contributed by atoms with van der Waals surface area (Å²) in [6.07, 6.45) is 1.22. The lowest BCUT2D eigenvalue weighted by Crippen LogP contribution is -2.26. The monoisotopic (exact) mass is 375 g/mol. The summed E-state index contributed by atoms with van der Waals surface area (Å²) in [5.74, 6) is -1.06. The van der Waals surface area contributed by atoms with Gasteiger partial charge in [0.1, 0.15) is 23.6 Å². The van der Waals surface area contributed by atoms with Crippen molar-refractivity contribution < 1.29 is 17.6 Å². The van der Waals surface area contributed by atoms with Crippen LogP contribution in [0.15, 0.2) is 23.4 Å². The summed E-state index contributed by atoms with van der Waals surface area (Å²) < 4.78 is 41.4. The van der Waals surface area contributed by atoms with Crippen LogP contribution in [0.5, 0.6) is 0 Å². The van der Waals surface area contributed by atoms with E-state index in [1.54, 1.807) is 14.1 Å². The molecule has 0 bridgehead atoms. The van der Waals surface area contributed by atoms with Crippen molar-refractivity contribution >= 4 is 33.5 Å². The summed E-state index contributed by atoms with van der Waals surface area (Å²) in [6, 6.07) is 2.04. The summed E-state index contributed by atoms with van der Waals surface area (Å²) in [5.41, 5.74) is 0.134. The number of hydrogen-bond acceptors (Lipinski definition) is 5. The molecule has 0 aliphatic rings. The molecule has 0 aliphatic heterocycles. The average molecular weight is 376 g/mol. The standard InChI is InChI=1S/C13H15ClFN5O3S/c1-8-4-11(9(14)5-10(8)15)24(22,23)18-13-16-7-20(17-13)6-12(21)19(2)3/h4-5,7H,6H2,1-3H3,(H,17,18).